The molecule has 0 aliphatic carbocycles. The second-order valence-corrected chi connectivity index (χ2v) is 3.94. The van der Waals surface area contributed by atoms with Crippen molar-refractivity contribution in [3.8, 4) is 11.5 Å². The third kappa shape index (κ3) is 1.28. The van der Waals surface area contributed by atoms with E-state index in [-0.39, 0.29) is 6.04 Å². The van der Waals surface area contributed by atoms with Crippen LogP contribution in [0.2, 0.25) is 0 Å². The van der Waals surface area contributed by atoms with Gasteiger partial charge in [0.25, 0.3) is 0 Å². The maximum atomic E-state index is 5.74. The van der Waals surface area contributed by atoms with E-state index in [9.17, 15) is 0 Å². The minimum Gasteiger partial charge on any atom is -0.454 e. The molecule has 0 saturated heterocycles. The highest BCUT2D eigenvalue weighted by Gasteiger charge is 2.25. The summed E-state index contributed by atoms with van der Waals surface area (Å²) in [6.07, 6.45) is 0. The summed E-state index contributed by atoms with van der Waals surface area (Å²) in [6, 6.07) is 6.16. The molecule has 1 unspecified atom stereocenters. The van der Waals surface area contributed by atoms with Crippen molar-refractivity contribution in [3.05, 3.63) is 23.8 Å². The third-order valence-corrected chi connectivity index (χ3v) is 3.04. The number of hydrogen-bond donors (Lipinski definition) is 1. The molecule has 2 heterocycles. The average Bonchev–Trinajstić information content (AvgIpc) is 2.86. The Hall–Kier alpha value is -1.91. The van der Waals surface area contributed by atoms with E-state index in [0.717, 1.165) is 17.1 Å². The zero-order valence-electron chi connectivity index (χ0n) is 9.01. The number of ether oxygens (including phenoxy) is 2. The van der Waals surface area contributed by atoms with Gasteiger partial charge in [0.1, 0.15) is 0 Å². The third-order valence-electron chi connectivity index (χ3n) is 3.04. The van der Waals surface area contributed by atoms with Crippen LogP contribution in [0.4, 0.5) is 0 Å². The Kier molecular flexibility index (Phi) is 1.92. The summed E-state index contributed by atoms with van der Waals surface area (Å²) in [5, 5.41) is 0. The molecule has 0 spiro atoms. The van der Waals surface area contributed by atoms with E-state index in [0.29, 0.717) is 19.3 Å². The monoisotopic (exact) mass is 219 g/mol. The van der Waals surface area contributed by atoms with E-state index in [1.807, 2.05) is 30.1 Å². The quantitative estimate of drug-likeness (QED) is 0.756. The average molecular weight is 219 g/mol. The van der Waals surface area contributed by atoms with Crippen LogP contribution in [0.1, 0.15) is 11.6 Å². The number of aliphatic imine (C=N–C) groups is 1. The molecule has 0 amide bonds. The smallest absolute Gasteiger partial charge is 0.231 e. The summed E-state index contributed by atoms with van der Waals surface area (Å²) < 4.78 is 10.6. The molecule has 1 atom stereocenters. The van der Waals surface area contributed by atoms with Crippen molar-refractivity contribution < 1.29 is 9.47 Å². The summed E-state index contributed by atoms with van der Waals surface area (Å²) in [4.78, 5) is 6.19. The minimum absolute atomic E-state index is 0.203. The summed E-state index contributed by atoms with van der Waals surface area (Å²) in [6.45, 7) is 1.000. The van der Waals surface area contributed by atoms with E-state index < -0.39 is 0 Å². The van der Waals surface area contributed by atoms with Gasteiger partial charge in [-0.25, -0.2) is 0 Å². The summed E-state index contributed by atoms with van der Waals surface area (Å²) in [5.74, 6) is 2.19. The van der Waals surface area contributed by atoms with Crippen LogP contribution in [-0.4, -0.2) is 31.2 Å². The SMILES string of the molecule is CN1C(N)=NCC1c1ccc2c(c1)OCO2. The molecule has 84 valence electrons. The molecule has 0 bridgehead atoms. The van der Waals surface area contributed by atoms with Crippen LogP contribution in [0.3, 0.4) is 0 Å². The molecule has 0 aromatic heterocycles. The van der Waals surface area contributed by atoms with Crippen molar-refractivity contribution in [2.24, 2.45) is 10.7 Å². The van der Waals surface area contributed by atoms with Crippen LogP contribution in [0.5, 0.6) is 11.5 Å². The maximum absolute atomic E-state index is 5.74. The summed E-state index contributed by atoms with van der Waals surface area (Å²) >= 11 is 0. The van der Waals surface area contributed by atoms with Crippen LogP contribution in [0.15, 0.2) is 23.2 Å². The van der Waals surface area contributed by atoms with Gasteiger partial charge in [0, 0.05) is 7.05 Å². The lowest BCUT2D eigenvalue weighted by atomic mass is 10.1. The van der Waals surface area contributed by atoms with Crippen molar-refractivity contribution in [1.82, 2.24) is 4.90 Å². The number of nitrogens with two attached hydrogens (primary N) is 1. The summed E-state index contributed by atoms with van der Waals surface area (Å²) in [7, 11) is 1.95. The van der Waals surface area contributed by atoms with Gasteiger partial charge < -0.3 is 20.1 Å². The van der Waals surface area contributed by atoms with Crippen molar-refractivity contribution in [2.75, 3.05) is 20.4 Å². The summed E-state index contributed by atoms with van der Waals surface area (Å²) in [5.41, 5.74) is 6.89. The maximum Gasteiger partial charge on any atom is 0.231 e. The van der Waals surface area contributed by atoms with Crippen LogP contribution >= 0.6 is 0 Å². The first kappa shape index (κ1) is 9.33. The van der Waals surface area contributed by atoms with E-state index in [1.165, 1.54) is 0 Å². The normalized spacial score (nSPS) is 22.4. The topological polar surface area (TPSA) is 60.1 Å². The minimum atomic E-state index is 0.203. The first-order valence-electron chi connectivity index (χ1n) is 5.18. The number of likely N-dealkylation sites (N-methyl/N-ethyl adjacent to an activating group) is 1. The molecular weight excluding hydrogens is 206 g/mol. The Morgan fingerprint density at radius 1 is 1.38 bits per heavy atom. The number of nitrogens with zero attached hydrogens (tertiary/aromatic N) is 2. The van der Waals surface area contributed by atoms with Crippen molar-refractivity contribution in [3.63, 3.8) is 0 Å². The lowest BCUT2D eigenvalue weighted by molar-refractivity contribution is 0.174. The molecule has 5 heteroatoms. The zero-order valence-corrected chi connectivity index (χ0v) is 9.01. The van der Waals surface area contributed by atoms with Gasteiger partial charge in [-0.15, -0.1) is 0 Å². The number of benzene rings is 1. The van der Waals surface area contributed by atoms with Crippen molar-refractivity contribution >= 4 is 5.96 Å². The lowest BCUT2D eigenvalue weighted by Gasteiger charge is -2.21. The molecule has 2 aliphatic heterocycles. The molecule has 2 N–H and O–H groups in total. The fourth-order valence-corrected chi connectivity index (χ4v) is 2.02. The molecule has 0 saturated carbocycles. The van der Waals surface area contributed by atoms with Gasteiger partial charge in [-0.05, 0) is 17.7 Å². The Labute approximate surface area is 93.5 Å². The predicted molar refractivity (Wildman–Crippen MR) is 59.6 cm³/mol. The van der Waals surface area contributed by atoms with E-state index >= 15 is 0 Å². The zero-order chi connectivity index (χ0) is 11.1. The molecule has 0 radical (unpaired) electrons. The van der Waals surface area contributed by atoms with Gasteiger partial charge in [-0.2, -0.15) is 0 Å². The highest BCUT2D eigenvalue weighted by Crippen LogP contribution is 2.36. The van der Waals surface area contributed by atoms with Gasteiger partial charge >= 0.3 is 0 Å². The Bertz CT molecular complexity index is 459. The second kappa shape index (κ2) is 3.30. The number of rotatable bonds is 1. The Morgan fingerprint density at radius 3 is 2.94 bits per heavy atom. The van der Waals surface area contributed by atoms with Gasteiger partial charge in [0.2, 0.25) is 6.79 Å². The molecule has 2 aliphatic rings. The first-order valence-corrected chi connectivity index (χ1v) is 5.18. The highest BCUT2D eigenvalue weighted by atomic mass is 16.7. The fourth-order valence-electron chi connectivity index (χ4n) is 2.02. The van der Waals surface area contributed by atoms with Crippen LogP contribution in [0, 0.1) is 0 Å². The largest absolute Gasteiger partial charge is 0.454 e. The van der Waals surface area contributed by atoms with Crippen molar-refractivity contribution in [2.45, 2.75) is 6.04 Å². The van der Waals surface area contributed by atoms with Crippen LogP contribution < -0.4 is 15.2 Å². The standard InChI is InChI=1S/C11H13N3O2/c1-14-8(5-13-11(14)12)7-2-3-9-10(4-7)16-6-15-9/h2-4,8H,5-6H2,1H3,(H2,12,13). The molecule has 3 rings (SSSR count). The molecule has 0 fully saturated rings. The molecule has 5 nitrogen and oxygen atoms in total. The van der Waals surface area contributed by atoms with Gasteiger partial charge in [-0.1, -0.05) is 6.07 Å². The van der Waals surface area contributed by atoms with Crippen LogP contribution in [-0.2, 0) is 0 Å². The fraction of sp³-hybridized carbons (Fsp3) is 0.364. The van der Waals surface area contributed by atoms with Crippen LogP contribution in [0.25, 0.3) is 0 Å². The molecule has 1 aromatic carbocycles. The first-order chi connectivity index (χ1) is 7.75. The second-order valence-electron chi connectivity index (χ2n) is 3.94. The predicted octanol–water partition coefficient (Wildman–Crippen LogP) is 0.716. The Morgan fingerprint density at radius 2 is 2.19 bits per heavy atom. The van der Waals surface area contributed by atoms with Gasteiger partial charge in [-0.3, -0.25) is 4.99 Å². The van der Waals surface area contributed by atoms with E-state index in [1.54, 1.807) is 0 Å². The number of hydrogen-bond acceptors (Lipinski definition) is 5. The Balaban J connectivity index is 1.91. The number of fused-ring (bicyclic) bond motifs is 1. The molecular formula is C11H13N3O2. The number of guanidine groups is 1. The van der Waals surface area contributed by atoms with E-state index in [4.69, 9.17) is 15.2 Å². The van der Waals surface area contributed by atoms with Crippen molar-refractivity contribution in [1.29, 1.82) is 0 Å². The highest BCUT2D eigenvalue weighted by molar-refractivity contribution is 5.80. The lowest BCUT2D eigenvalue weighted by Crippen LogP contribution is -2.32. The molecule has 16 heavy (non-hydrogen) atoms. The van der Waals surface area contributed by atoms with E-state index in [2.05, 4.69) is 4.99 Å². The molecule has 1 aromatic rings. The van der Waals surface area contributed by atoms with Gasteiger partial charge in [0.05, 0.1) is 12.6 Å². The van der Waals surface area contributed by atoms with Gasteiger partial charge in [0.15, 0.2) is 17.5 Å².